The van der Waals surface area contributed by atoms with Crippen molar-refractivity contribution in [1.29, 1.82) is 0 Å². The lowest BCUT2D eigenvalue weighted by atomic mass is 10.1. The van der Waals surface area contributed by atoms with E-state index in [1.54, 1.807) is 20.8 Å². The van der Waals surface area contributed by atoms with Crippen LogP contribution in [0.5, 0.6) is 0 Å². The fourth-order valence-corrected chi connectivity index (χ4v) is 3.09. The van der Waals surface area contributed by atoms with Gasteiger partial charge in [-0.2, -0.15) is 10.2 Å². The number of aromatic nitrogens is 4. The van der Waals surface area contributed by atoms with Crippen LogP contribution in [-0.4, -0.2) is 25.5 Å². The third kappa shape index (κ3) is 3.83. The van der Waals surface area contributed by atoms with Crippen LogP contribution >= 0.6 is 15.9 Å². The number of halogens is 6. The normalized spacial score (nSPS) is 12.3. The maximum absolute atomic E-state index is 13.8. The van der Waals surface area contributed by atoms with Crippen molar-refractivity contribution in [1.82, 2.24) is 19.6 Å². The predicted molar refractivity (Wildman–Crippen MR) is 100 cm³/mol. The first-order chi connectivity index (χ1) is 14.0. The van der Waals surface area contributed by atoms with Crippen molar-refractivity contribution >= 4 is 27.7 Å². The molecule has 0 aliphatic carbocycles. The summed E-state index contributed by atoms with van der Waals surface area (Å²) in [6.07, 6.45) is 1.23. The first kappa shape index (κ1) is 21.9. The molecule has 1 N–H and O–H groups in total. The van der Waals surface area contributed by atoms with Gasteiger partial charge in [0, 0.05) is 12.3 Å². The number of anilines is 1. The molecule has 2 heterocycles. The summed E-state index contributed by atoms with van der Waals surface area (Å²) in [6.45, 7) is 4.46. The quantitative estimate of drug-likeness (QED) is 0.326. The van der Waals surface area contributed by atoms with Gasteiger partial charge in [-0.25, -0.2) is 22.0 Å². The molecule has 1 aromatic carbocycles. The van der Waals surface area contributed by atoms with Crippen LogP contribution in [-0.2, 0) is 11.3 Å². The molecule has 160 valence electrons. The van der Waals surface area contributed by atoms with Crippen LogP contribution in [0.2, 0.25) is 0 Å². The zero-order valence-corrected chi connectivity index (χ0v) is 17.5. The molecule has 30 heavy (non-hydrogen) atoms. The van der Waals surface area contributed by atoms with Gasteiger partial charge >= 0.3 is 0 Å². The molecule has 0 saturated heterocycles. The van der Waals surface area contributed by atoms with E-state index in [0.717, 1.165) is 14.8 Å². The standard InChI is InChI=1S/C18H15BrF5N5O/c1-7-12(19)8(2)29(26-7)9(3)18(30)25-11-4-5-28(27-11)6-10-13(20)15(22)17(24)16(23)14(10)21/h4-5,9H,6H2,1-3H3,(H,25,27,30). The number of carbonyl (C=O) groups is 1. The Hall–Kier alpha value is -2.76. The van der Waals surface area contributed by atoms with Crippen molar-refractivity contribution in [3.63, 3.8) is 0 Å². The number of amides is 1. The lowest BCUT2D eigenvalue weighted by molar-refractivity contribution is -0.119. The van der Waals surface area contributed by atoms with Crippen molar-refractivity contribution in [2.45, 2.75) is 33.4 Å². The number of benzene rings is 1. The molecule has 0 fully saturated rings. The molecule has 0 bridgehead atoms. The molecule has 3 aromatic rings. The number of nitrogens with one attached hydrogen (secondary N) is 1. The molecule has 12 heteroatoms. The molecule has 0 radical (unpaired) electrons. The Kier molecular flexibility index (Phi) is 5.97. The minimum absolute atomic E-state index is 0.0383. The van der Waals surface area contributed by atoms with Gasteiger partial charge in [-0.3, -0.25) is 14.2 Å². The van der Waals surface area contributed by atoms with Crippen molar-refractivity contribution in [3.8, 4) is 0 Å². The van der Waals surface area contributed by atoms with Gasteiger partial charge in [0.05, 0.1) is 28.0 Å². The number of carbonyl (C=O) groups excluding carboxylic acids is 1. The third-order valence-electron chi connectivity index (χ3n) is 4.50. The lowest BCUT2D eigenvalue weighted by Crippen LogP contribution is -2.25. The molecule has 1 unspecified atom stereocenters. The molecule has 0 spiro atoms. The summed E-state index contributed by atoms with van der Waals surface area (Å²) in [5.74, 6) is -10.6. The number of rotatable bonds is 5. The summed E-state index contributed by atoms with van der Waals surface area (Å²) in [4.78, 5) is 12.5. The molecule has 6 nitrogen and oxygen atoms in total. The smallest absolute Gasteiger partial charge is 0.250 e. The first-order valence-corrected chi connectivity index (χ1v) is 9.38. The zero-order valence-electron chi connectivity index (χ0n) is 15.9. The maximum Gasteiger partial charge on any atom is 0.250 e. The van der Waals surface area contributed by atoms with Gasteiger partial charge in [0.1, 0.15) is 6.04 Å². The Morgan fingerprint density at radius 2 is 1.63 bits per heavy atom. The first-order valence-electron chi connectivity index (χ1n) is 8.58. The van der Waals surface area contributed by atoms with Gasteiger partial charge in [-0.05, 0) is 36.7 Å². The Bertz CT molecular complexity index is 1110. The average molecular weight is 492 g/mol. The second-order valence-corrected chi connectivity index (χ2v) is 7.33. The van der Waals surface area contributed by atoms with Crippen LogP contribution < -0.4 is 5.32 Å². The van der Waals surface area contributed by atoms with E-state index in [0.29, 0.717) is 5.69 Å². The number of aryl methyl sites for hydroxylation is 1. The number of nitrogens with zero attached hydrogens (tertiary/aromatic N) is 4. The fourth-order valence-electron chi connectivity index (χ4n) is 2.83. The number of hydrogen-bond acceptors (Lipinski definition) is 3. The Balaban J connectivity index is 1.78. The second kappa shape index (κ2) is 8.17. The van der Waals surface area contributed by atoms with E-state index in [2.05, 4.69) is 31.4 Å². The molecule has 0 aliphatic heterocycles. The van der Waals surface area contributed by atoms with E-state index in [4.69, 9.17) is 0 Å². The highest BCUT2D eigenvalue weighted by Gasteiger charge is 2.26. The summed E-state index contributed by atoms with van der Waals surface area (Å²) in [5.41, 5.74) is 0.416. The van der Waals surface area contributed by atoms with Gasteiger partial charge in [0.15, 0.2) is 29.1 Å². The molecule has 0 aliphatic rings. The van der Waals surface area contributed by atoms with E-state index in [9.17, 15) is 26.7 Å². The highest BCUT2D eigenvalue weighted by atomic mass is 79.9. The van der Waals surface area contributed by atoms with Gasteiger partial charge in [0.25, 0.3) is 0 Å². The van der Waals surface area contributed by atoms with Crippen LogP contribution in [0.3, 0.4) is 0 Å². The summed E-state index contributed by atoms with van der Waals surface area (Å²) in [5, 5.41) is 10.7. The Morgan fingerprint density at radius 3 is 2.17 bits per heavy atom. The molecule has 0 saturated carbocycles. The molecule has 3 rings (SSSR count). The maximum atomic E-state index is 13.8. The van der Waals surface area contributed by atoms with Gasteiger partial charge in [0.2, 0.25) is 11.7 Å². The molecule has 1 atom stereocenters. The number of hydrogen-bond donors (Lipinski definition) is 1. The van der Waals surface area contributed by atoms with Crippen molar-refractivity contribution in [2.75, 3.05) is 5.32 Å². The van der Waals surface area contributed by atoms with Gasteiger partial charge < -0.3 is 5.32 Å². The highest BCUT2D eigenvalue weighted by Crippen LogP contribution is 2.25. The zero-order chi connectivity index (χ0) is 22.3. The minimum Gasteiger partial charge on any atom is -0.307 e. The van der Waals surface area contributed by atoms with Gasteiger partial charge in [-0.1, -0.05) is 0 Å². The SMILES string of the molecule is Cc1nn(C(C)C(=O)Nc2ccn(Cc3c(F)c(F)c(F)c(F)c3F)n2)c(C)c1Br. The van der Waals surface area contributed by atoms with Crippen molar-refractivity contribution in [3.05, 3.63) is 62.8 Å². The second-order valence-electron chi connectivity index (χ2n) is 6.54. The predicted octanol–water partition coefficient (Wildman–Crippen LogP) is 4.40. The van der Waals surface area contributed by atoms with Crippen LogP contribution in [0, 0.1) is 42.9 Å². The molecular weight excluding hydrogens is 477 g/mol. The summed E-state index contributed by atoms with van der Waals surface area (Å²) >= 11 is 3.38. The summed E-state index contributed by atoms with van der Waals surface area (Å²) < 4.78 is 70.7. The van der Waals surface area contributed by atoms with Crippen LogP contribution in [0.4, 0.5) is 27.8 Å². The van der Waals surface area contributed by atoms with Crippen LogP contribution in [0.15, 0.2) is 16.7 Å². The highest BCUT2D eigenvalue weighted by molar-refractivity contribution is 9.10. The van der Waals surface area contributed by atoms with Crippen molar-refractivity contribution < 1.29 is 26.7 Å². The molecule has 1 amide bonds. The van der Waals surface area contributed by atoms with E-state index < -0.39 is 53.1 Å². The largest absolute Gasteiger partial charge is 0.307 e. The monoisotopic (exact) mass is 491 g/mol. The van der Waals surface area contributed by atoms with E-state index in [1.165, 1.54) is 16.9 Å². The van der Waals surface area contributed by atoms with E-state index in [-0.39, 0.29) is 5.82 Å². The summed E-state index contributed by atoms with van der Waals surface area (Å²) in [6, 6.07) is 0.628. The Labute approximate surface area is 175 Å². The molecular formula is C18H15BrF5N5O. The van der Waals surface area contributed by atoms with E-state index in [1.807, 2.05) is 0 Å². The van der Waals surface area contributed by atoms with Crippen molar-refractivity contribution in [2.24, 2.45) is 0 Å². The minimum atomic E-state index is -2.23. The Morgan fingerprint density at radius 1 is 1.07 bits per heavy atom. The molecule has 2 aromatic heterocycles. The van der Waals surface area contributed by atoms with E-state index >= 15 is 0 Å². The van der Waals surface area contributed by atoms with Crippen LogP contribution in [0.1, 0.15) is 29.9 Å². The topological polar surface area (TPSA) is 64.7 Å². The van der Waals surface area contributed by atoms with Crippen LogP contribution in [0.25, 0.3) is 0 Å². The van der Waals surface area contributed by atoms with Gasteiger partial charge in [-0.15, -0.1) is 0 Å². The third-order valence-corrected chi connectivity index (χ3v) is 5.64. The fraction of sp³-hybridized carbons (Fsp3) is 0.278. The summed E-state index contributed by atoms with van der Waals surface area (Å²) in [7, 11) is 0. The lowest BCUT2D eigenvalue weighted by Gasteiger charge is -2.13. The average Bonchev–Trinajstić information content (AvgIpc) is 3.26.